The average Bonchev–Trinajstić information content (AvgIpc) is 3.29. The molecular formula is C20H21N3O5S. The Morgan fingerprint density at radius 2 is 1.79 bits per heavy atom. The molecule has 0 bridgehead atoms. The Kier molecular flexibility index (Phi) is 5.50. The van der Waals surface area contributed by atoms with Gasteiger partial charge in [-0.25, -0.2) is 13.8 Å². The Bertz CT molecular complexity index is 1050. The smallest absolute Gasteiger partial charge is 0.271 e. The molecule has 4 rings (SSSR count). The van der Waals surface area contributed by atoms with E-state index in [-0.39, 0.29) is 10.5 Å². The quantitative estimate of drug-likeness (QED) is 0.595. The van der Waals surface area contributed by atoms with Gasteiger partial charge < -0.3 is 9.47 Å². The standard InChI is InChI=1S/C20H21N3O5S/c24-20(22-21-14-15-6-7-18-19(12-15)28-11-10-27-18)16-4-3-5-17(13-16)29(25,26)23-8-1-2-9-23/h3-7,12-14H,1-2,8-11H2,(H,22,24). The number of sulfonamides is 1. The molecule has 2 heterocycles. The van der Waals surface area contributed by atoms with E-state index in [0.29, 0.717) is 37.8 Å². The van der Waals surface area contributed by atoms with Crippen molar-refractivity contribution < 1.29 is 22.7 Å². The molecule has 8 nitrogen and oxygen atoms in total. The van der Waals surface area contributed by atoms with Crippen LogP contribution in [-0.2, 0) is 10.0 Å². The SMILES string of the molecule is O=C(NN=Cc1ccc2c(c1)OCCO2)c1cccc(S(=O)(=O)N2CCCC2)c1. The molecule has 2 aromatic carbocycles. The van der Waals surface area contributed by atoms with Crippen LogP contribution in [0.4, 0.5) is 0 Å². The van der Waals surface area contributed by atoms with E-state index in [4.69, 9.17) is 9.47 Å². The van der Waals surface area contributed by atoms with Crippen LogP contribution in [0.2, 0.25) is 0 Å². The number of hydrogen-bond donors (Lipinski definition) is 1. The Morgan fingerprint density at radius 3 is 2.59 bits per heavy atom. The van der Waals surface area contributed by atoms with Crippen molar-refractivity contribution in [1.82, 2.24) is 9.73 Å². The number of fused-ring (bicyclic) bond motifs is 1. The Morgan fingerprint density at radius 1 is 1.03 bits per heavy atom. The van der Waals surface area contributed by atoms with Gasteiger partial charge in [0, 0.05) is 18.7 Å². The van der Waals surface area contributed by atoms with Crippen LogP contribution in [0, 0.1) is 0 Å². The van der Waals surface area contributed by atoms with Gasteiger partial charge in [0.25, 0.3) is 5.91 Å². The van der Waals surface area contributed by atoms with Gasteiger partial charge in [-0.05, 0) is 54.8 Å². The second-order valence-electron chi connectivity index (χ2n) is 6.74. The Hall–Kier alpha value is -2.91. The van der Waals surface area contributed by atoms with Crippen LogP contribution < -0.4 is 14.9 Å². The van der Waals surface area contributed by atoms with Gasteiger partial charge in [-0.1, -0.05) is 6.07 Å². The van der Waals surface area contributed by atoms with E-state index in [1.54, 1.807) is 30.3 Å². The molecule has 1 N–H and O–H groups in total. The monoisotopic (exact) mass is 415 g/mol. The van der Waals surface area contributed by atoms with Crippen LogP contribution in [-0.4, -0.2) is 51.1 Å². The highest BCUT2D eigenvalue weighted by Crippen LogP contribution is 2.30. The third kappa shape index (κ3) is 4.25. The van der Waals surface area contributed by atoms with Crippen molar-refractivity contribution in [3.63, 3.8) is 0 Å². The van der Waals surface area contributed by atoms with Gasteiger partial charge in [-0.2, -0.15) is 9.41 Å². The molecule has 2 aliphatic rings. The lowest BCUT2D eigenvalue weighted by Crippen LogP contribution is -2.28. The molecule has 0 atom stereocenters. The predicted molar refractivity (Wildman–Crippen MR) is 107 cm³/mol. The first-order valence-corrected chi connectivity index (χ1v) is 10.8. The number of rotatable bonds is 5. The number of carbonyl (C=O) groups excluding carboxylic acids is 1. The first kappa shape index (κ1) is 19.4. The van der Waals surface area contributed by atoms with Crippen LogP contribution in [0.3, 0.4) is 0 Å². The van der Waals surface area contributed by atoms with E-state index in [1.807, 2.05) is 0 Å². The maximum absolute atomic E-state index is 12.7. The van der Waals surface area contributed by atoms with E-state index in [0.717, 1.165) is 18.4 Å². The van der Waals surface area contributed by atoms with Gasteiger partial charge in [0.1, 0.15) is 13.2 Å². The lowest BCUT2D eigenvalue weighted by molar-refractivity contribution is 0.0955. The lowest BCUT2D eigenvalue weighted by Gasteiger charge is -2.18. The molecule has 0 aliphatic carbocycles. The van der Waals surface area contributed by atoms with Crippen LogP contribution in [0.5, 0.6) is 11.5 Å². The van der Waals surface area contributed by atoms with Gasteiger partial charge in [-0.15, -0.1) is 0 Å². The molecule has 1 fully saturated rings. The van der Waals surface area contributed by atoms with Gasteiger partial charge >= 0.3 is 0 Å². The highest BCUT2D eigenvalue weighted by atomic mass is 32.2. The van der Waals surface area contributed by atoms with Gasteiger partial charge in [0.15, 0.2) is 11.5 Å². The summed E-state index contributed by atoms with van der Waals surface area (Å²) in [6, 6.07) is 11.3. The molecule has 2 aliphatic heterocycles. The minimum absolute atomic E-state index is 0.114. The molecule has 152 valence electrons. The average molecular weight is 415 g/mol. The molecule has 1 amide bonds. The largest absolute Gasteiger partial charge is 0.486 e. The van der Waals surface area contributed by atoms with Gasteiger partial charge in [-0.3, -0.25) is 4.79 Å². The van der Waals surface area contributed by atoms with Crippen molar-refractivity contribution in [2.24, 2.45) is 5.10 Å². The first-order chi connectivity index (χ1) is 14.0. The maximum atomic E-state index is 12.7. The van der Waals surface area contributed by atoms with E-state index in [2.05, 4.69) is 10.5 Å². The summed E-state index contributed by atoms with van der Waals surface area (Å²) >= 11 is 0. The van der Waals surface area contributed by atoms with Crippen molar-refractivity contribution in [2.75, 3.05) is 26.3 Å². The fraction of sp³-hybridized carbons (Fsp3) is 0.300. The summed E-state index contributed by atoms with van der Waals surface area (Å²) < 4.78 is 37.8. The molecule has 1 saturated heterocycles. The molecule has 0 spiro atoms. The zero-order chi connectivity index (χ0) is 20.3. The van der Waals surface area contributed by atoms with Crippen LogP contribution >= 0.6 is 0 Å². The Labute approximate surface area is 169 Å². The second kappa shape index (κ2) is 8.22. The molecule has 0 saturated carbocycles. The molecular weight excluding hydrogens is 394 g/mol. The van der Waals surface area contributed by atoms with Crippen molar-refractivity contribution in [1.29, 1.82) is 0 Å². The fourth-order valence-electron chi connectivity index (χ4n) is 3.25. The van der Waals surface area contributed by atoms with E-state index >= 15 is 0 Å². The summed E-state index contributed by atoms with van der Waals surface area (Å²) in [5.74, 6) is 0.817. The van der Waals surface area contributed by atoms with Crippen molar-refractivity contribution >= 4 is 22.1 Å². The lowest BCUT2D eigenvalue weighted by atomic mass is 10.2. The highest BCUT2D eigenvalue weighted by Gasteiger charge is 2.27. The van der Waals surface area contributed by atoms with Crippen molar-refractivity contribution in [2.45, 2.75) is 17.7 Å². The Balaban J connectivity index is 1.44. The zero-order valence-electron chi connectivity index (χ0n) is 15.7. The zero-order valence-corrected chi connectivity index (χ0v) is 16.5. The van der Waals surface area contributed by atoms with Gasteiger partial charge in [0.05, 0.1) is 11.1 Å². The molecule has 0 unspecified atom stereocenters. The number of hydrogen-bond acceptors (Lipinski definition) is 6. The number of nitrogens with one attached hydrogen (secondary N) is 1. The number of ether oxygens (including phenoxy) is 2. The molecule has 9 heteroatoms. The normalized spacial score (nSPS) is 16.8. The third-order valence-electron chi connectivity index (χ3n) is 4.74. The summed E-state index contributed by atoms with van der Waals surface area (Å²) in [6.07, 6.45) is 3.20. The summed E-state index contributed by atoms with van der Waals surface area (Å²) in [4.78, 5) is 12.5. The first-order valence-electron chi connectivity index (χ1n) is 9.37. The minimum Gasteiger partial charge on any atom is -0.486 e. The van der Waals surface area contributed by atoms with Crippen molar-refractivity contribution in [3.8, 4) is 11.5 Å². The molecule has 0 aromatic heterocycles. The molecule has 2 aromatic rings. The van der Waals surface area contributed by atoms with Crippen LogP contribution in [0.15, 0.2) is 52.5 Å². The van der Waals surface area contributed by atoms with E-state index < -0.39 is 15.9 Å². The number of nitrogens with zero attached hydrogens (tertiary/aromatic N) is 2. The summed E-state index contributed by atoms with van der Waals surface area (Å²) in [5, 5.41) is 3.96. The second-order valence-corrected chi connectivity index (χ2v) is 8.68. The molecule has 0 radical (unpaired) electrons. The van der Waals surface area contributed by atoms with Crippen LogP contribution in [0.25, 0.3) is 0 Å². The highest BCUT2D eigenvalue weighted by molar-refractivity contribution is 7.89. The fourth-order valence-corrected chi connectivity index (χ4v) is 4.81. The summed E-state index contributed by atoms with van der Waals surface area (Å²) in [5.41, 5.74) is 3.39. The van der Waals surface area contributed by atoms with Crippen LogP contribution in [0.1, 0.15) is 28.8 Å². The number of amides is 1. The maximum Gasteiger partial charge on any atom is 0.271 e. The minimum atomic E-state index is -3.58. The number of benzene rings is 2. The number of carbonyl (C=O) groups is 1. The predicted octanol–water partition coefficient (Wildman–Crippen LogP) is 2.01. The summed E-state index contributed by atoms with van der Waals surface area (Å²) in [7, 11) is -3.58. The third-order valence-corrected chi connectivity index (χ3v) is 6.64. The van der Waals surface area contributed by atoms with Crippen molar-refractivity contribution in [3.05, 3.63) is 53.6 Å². The summed E-state index contributed by atoms with van der Waals surface area (Å²) in [6.45, 7) is 2.03. The van der Waals surface area contributed by atoms with E-state index in [1.165, 1.54) is 22.7 Å². The topological polar surface area (TPSA) is 97.3 Å². The van der Waals surface area contributed by atoms with Gasteiger partial charge in [0.2, 0.25) is 10.0 Å². The van der Waals surface area contributed by atoms with E-state index in [9.17, 15) is 13.2 Å². The number of hydrazone groups is 1. The molecule has 29 heavy (non-hydrogen) atoms.